The van der Waals surface area contributed by atoms with Crippen molar-refractivity contribution in [1.82, 2.24) is 19.7 Å². The Morgan fingerprint density at radius 3 is 2.74 bits per heavy atom. The number of fused-ring (bicyclic) bond motifs is 1. The van der Waals surface area contributed by atoms with E-state index in [9.17, 15) is 10.1 Å². The van der Waals surface area contributed by atoms with Gasteiger partial charge in [0.15, 0.2) is 0 Å². The second-order valence-electron chi connectivity index (χ2n) is 8.23. The largest absolute Gasteiger partial charge is 0.328 e. The van der Waals surface area contributed by atoms with Gasteiger partial charge in [-0.2, -0.15) is 10.4 Å². The summed E-state index contributed by atoms with van der Waals surface area (Å²) in [6.45, 7) is 9.12. The fourth-order valence-corrected chi connectivity index (χ4v) is 4.28. The molecule has 4 rings (SSSR count). The van der Waals surface area contributed by atoms with E-state index in [1.165, 1.54) is 6.08 Å². The van der Waals surface area contributed by atoms with Crippen molar-refractivity contribution >= 4 is 5.91 Å². The Labute approximate surface area is 182 Å². The summed E-state index contributed by atoms with van der Waals surface area (Å²) in [5, 5.41) is 14.3. The molecule has 3 heterocycles. The minimum absolute atomic E-state index is 0.0569. The Bertz CT molecular complexity index is 1160. The summed E-state index contributed by atoms with van der Waals surface area (Å²) in [6.07, 6.45) is 5.79. The molecule has 0 aliphatic carbocycles. The van der Waals surface area contributed by atoms with E-state index in [2.05, 4.69) is 31.5 Å². The molecule has 0 radical (unpaired) electrons. The maximum atomic E-state index is 12.7. The summed E-state index contributed by atoms with van der Waals surface area (Å²) in [6, 6.07) is 13.7. The molecule has 0 unspecified atom stereocenters. The molecule has 1 atom stereocenters. The highest BCUT2D eigenvalue weighted by atomic mass is 16.2. The van der Waals surface area contributed by atoms with E-state index in [0.717, 1.165) is 34.5 Å². The summed E-state index contributed by atoms with van der Waals surface area (Å²) in [7, 11) is 0. The van der Waals surface area contributed by atoms with Gasteiger partial charge in [-0.3, -0.25) is 14.5 Å². The maximum Gasteiger partial charge on any atom is 0.246 e. The third-order valence-electron chi connectivity index (χ3n) is 5.64. The number of carbonyl (C=O) groups is 1. The first-order valence-electron chi connectivity index (χ1n) is 10.5. The normalized spacial score (nSPS) is 15.4. The Morgan fingerprint density at radius 1 is 1.29 bits per heavy atom. The lowest BCUT2D eigenvalue weighted by atomic mass is 9.96. The molecule has 0 N–H and O–H groups in total. The zero-order chi connectivity index (χ0) is 22.0. The van der Waals surface area contributed by atoms with Crippen LogP contribution >= 0.6 is 0 Å². The standard InChI is InChI=1S/C25H25N5O/c1-4-23(31)29-16-22-24(19-8-10-27-11-9-19)25(20-7-5-6-18(13-20)14-26)28-30(22)15-21(29)12-17(2)3/h4-11,13,17,21H,1,12,15-16H2,2-3H3/t21-/m0/s1. The molecule has 31 heavy (non-hydrogen) atoms. The van der Waals surface area contributed by atoms with Gasteiger partial charge in [0, 0.05) is 23.5 Å². The molecule has 0 saturated heterocycles. The maximum absolute atomic E-state index is 12.7. The van der Waals surface area contributed by atoms with Crippen molar-refractivity contribution in [1.29, 1.82) is 5.26 Å². The number of amides is 1. The predicted molar refractivity (Wildman–Crippen MR) is 120 cm³/mol. The van der Waals surface area contributed by atoms with Gasteiger partial charge in [-0.25, -0.2) is 0 Å². The van der Waals surface area contributed by atoms with E-state index in [4.69, 9.17) is 5.10 Å². The number of hydrogen-bond donors (Lipinski definition) is 0. The highest BCUT2D eigenvalue weighted by molar-refractivity contribution is 5.88. The third kappa shape index (κ3) is 3.99. The average molecular weight is 412 g/mol. The van der Waals surface area contributed by atoms with Crippen LogP contribution in [-0.2, 0) is 17.9 Å². The minimum atomic E-state index is -0.0631. The number of nitrogens with zero attached hydrogens (tertiary/aromatic N) is 5. The molecule has 156 valence electrons. The van der Waals surface area contributed by atoms with Crippen LogP contribution in [0.5, 0.6) is 0 Å². The number of hydrogen-bond acceptors (Lipinski definition) is 4. The highest BCUT2D eigenvalue weighted by Crippen LogP contribution is 2.38. The lowest BCUT2D eigenvalue weighted by Gasteiger charge is -2.37. The molecule has 1 aliphatic heterocycles. The van der Waals surface area contributed by atoms with E-state index in [0.29, 0.717) is 24.6 Å². The lowest BCUT2D eigenvalue weighted by Crippen LogP contribution is -2.46. The van der Waals surface area contributed by atoms with E-state index >= 15 is 0 Å². The lowest BCUT2D eigenvalue weighted by molar-refractivity contribution is -0.130. The van der Waals surface area contributed by atoms with Crippen molar-refractivity contribution in [2.24, 2.45) is 5.92 Å². The van der Waals surface area contributed by atoms with Crippen molar-refractivity contribution in [2.45, 2.75) is 39.4 Å². The van der Waals surface area contributed by atoms with Crippen molar-refractivity contribution in [3.8, 4) is 28.5 Å². The number of aromatic nitrogens is 3. The first kappa shape index (κ1) is 20.5. The molecule has 0 saturated carbocycles. The molecule has 1 amide bonds. The van der Waals surface area contributed by atoms with Crippen LogP contribution in [0.15, 0.2) is 61.4 Å². The van der Waals surface area contributed by atoms with Gasteiger partial charge in [-0.1, -0.05) is 32.6 Å². The minimum Gasteiger partial charge on any atom is -0.328 e. The molecule has 0 spiro atoms. The van der Waals surface area contributed by atoms with E-state index in [1.807, 2.05) is 39.9 Å². The Morgan fingerprint density at radius 2 is 2.06 bits per heavy atom. The molecule has 1 aromatic carbocycles. The smallest absolute Gasteiger partial charge is 0.246 e. The second-order valence-corrected chi connectivity index (χ2v) is 8.23. The van der Waals surface area contributed by atoms with Gasteiger partial charge in [-0.05, 0) is 48.2 Å². The number of benzene rings is 1. The van der Waals surface area contributed by atoms with E-state index in [-0.39, 0.29) is 11.9 Å². The van der Waals surface area contributed by atoms with Gasteiger partial charge in [-0.15, -0.1) is 0 Å². The number of nitriles is 1. The number of pyridine rings is 1. The predicted octanol–water partition coefficient (Wildman–Crippen LogP) is 4.43. The Hall–Kier alpha value is -3.72. The first-order chi connectivity index (χ1) is 15.0. The zero-order valence-electron chi connectivity index (χ0n) is 17.8. The Kier molecular flexibility index (Phi) is 5.68. The van der Waals surface area contributed by atoms with Gasteiger partial charge in [0.05, 0.1) is 36.5 Å². The fourth-order valence-electron chi connectivity index (χ4n) is 4.28. The molecule has 6 nitrogen and oxygen atoms in total. The van der Waals surface area contributed by atoms with Gasteiger partial charge >= 0.3 is 0 Å². The van der Waals surface area contributed by atoms with Gasteiger partial charge in [0.1, 0.15) is 5.69 Å². The quantitative estimate of drug-likeness (QED) is 0.582. The van der Waals surface area contributed by atoms with Crippen molar-refractivity contribution in [3.05, 3.63) is 72.7 Å². The molecule has 0 fully saturated rings. The van der Waals surface area contributed by atoms with Crippen molar-refractivity contribution < 1.29 is 4.79 Å². The van der Waals surface area contributed by atoms with E-state index < -0.39 is 0 Å². The van der Waals surface area contributed by atoms with Gasteiger partial charge < -0.3 is 4.90 Å². The molecule has 2 aromatic heterocycles. The highest BCUT2D eigenvalue weighted by Gasteiger charge is 2.33. The summed E-state index contributed by atoms with van der Waals surface area (Å²) in [5.74, 6) is 0.389. The van der Waals surface area contributed by atoms with Crippen LogP contribution in [0.1, 0.15) is 31.5 Å². The molecule has 0 bridgehead atoms. The topological polar surface area (TPSA) is 74.8 Å². The Balaban J connectivity index is 1.90. The van der Waals surface area contributed by atoms with Crippen molar-refractivity contribution in [2.75, 3.05) is 0 Å². The van der Waals surface area contributed by atoms with Crippen LogP contribution in [0, 0.1) is 17.2 Å². The number of carbonyl (C=O) groups excluding carboxylic acids is 1. The van der Waals surface area contributed by atoms with Gasteiger partial charge in [0.25, 0.3) is 0 Å². The molecular weight excluding hydrogens is 386 g/mol. The van der Waals surface area contributed by atoms with Crippen LogP contribution in [0.2, 0.25) is 0 Å². The van der Waals surface area contributed by atoms with Crippen LogP contribution in [0.3, 0.4) is 0 Å². The molecule has 6 heteroatoms. The van der Waals surface area contributed by atoms with E-state index in [1.54, 1.807) is 18.5 Å². The summed E-state index contributed by atoms with van der Waals surface area (Å²) in [5.41, 5.74) is 5.23. The van der Waals surface area contributed by atoms with Crippen LogP contribution in [0.4, 0.5) is 0 Å². The summed E-state index contributed by atoms with van der Waals surface area (Å²) >= 11 is 0. The van der Waals surface area contributed by atoms with Crippen LogP contribution in [0.25, 0.3) is 22.4 Å². The number of rotatable bonds is 5. The first-order valence-corrected chi connectivity index (χ1v) is 10.5. The van der Waals surface area contributed by atoms with Crippen molar-refractivity contribution in [3.63, 3.8) is 0 Å². The molecule has 1 aliphatic rings. The molecular formula is C25H25N5O. The van der Waals surface area contributed by atoms with Gasteiger partial charge in [0.2, 0.25) is 5.91 Å². The van der Waals surface area contributed by atoms with Crippen LogP contribution in [-0.4, -0.2) is 31.6 Å². The molecule has 3 aromatic rings. The second kappa shape index (κ2) is 8.57. The SMILES string of the molecule is C=CC(=O)N1Cc2c(-c3ccncc3)c(-c3cccc(C#N)c3)nn2C[C@@H]1CC(C)C. The summed E-state index contributed by atoms with van der Waals surface area (Å²) < 4.78 is 2.03. The average Bonchev–Trinajstić information content (AvgIpc) is 3.16. The zero-order valence-corrected chi connectivity index (χ0v) is 17.8. The summed E-state index contributed by atoms with van der Waals surface area (Å²) in [4.78, 5) is 18.8. The van der Waals surface area contributed by atoms with Crippen LogP contribution < -0.4 is 0 Å². The third-order valence-corrected chi connectivity index (χ3v) is 5.64. The monoisotopic (exact) mass is 411 g/mol. The fraction of sp³-hybridized carbons (Fsp3) is 0.280.